The van der Waals surface area contributed by atoms with Crippen LogP contribution in [0.5, 0.6) is 0 Å². The molecular weight excluding hydrogens is 317 g/mol. The molecule has 0 atom stereocenters. The van der Waals surface area contributed by atoms with Crippen molar-refractivity contribution >= 4 is 17.7 Å². The van der Waals surface area contributed by atoms with Crippen LogP contribution < -0.4 is 5.32 Å². The Morgan fingerprint density at radius 2 is 1.75 bits per heavy atom. The van der Waals surface area contributed by atoms with Crippen LogP contribution in [0.25, 0.3) is 6.08 Å². The molecule has 6 heteroatoms. The number of halogens is 3. The summed E-state index contributed by atoms with van der Waals surface area (Å²) in [6, 6.07) is 6.46. The summed E-state index contributed by atoms with van der Waals surface area (Å²) >= 11 is 0. The van der Waals surface area contributed by atoms with Gasteiger partial charge in [0.15, 0.2) is 0 Å². The zero-order valence-electron chi connectivity index (χ0n) is 13.5. The Morgan fingerprint density at radius 1 is 1.12 bits per heavy atom. The maximum atomic E-state index is 12.5. The first-order valence-electron chi connectivity index (χ1n) is 7.28. The van der Waals surface area contributed by atoms with Gasteiger partial charge in [0, 0.05) is 11.8 Å². The quantitative estimate of drug-likeness (QED) is 0.828. The predicted octanol–water partition coefficient (Wildman–Crippen LogP) is 4.68. The lowest BCUT2D eigenvalue weighted by Gasteiger charge is -2.10. The summed E-state index contributed by atoms with van der Waals surface area (Å²) < 4.78 is 37.5. The van der Waals surface area contributed by atoms with E-state index in [1.165, 1.54) is 24.3 Å². The van der Waals surface area contributed by atoms with Crippen LogP contribution in [-0.4, -0.2) is 10.9 Å². The molecule has 0 aliphatic rings. The van der Waals surface area contributed by atoms with Crippen molar-refractivity contribution in [1.29, 1.82) is 0 Å². The fourth-order valence-corrected chi connectivity index (χ4v) is 2.33. The molecule has 1 amide bonds. The second-order valence-electron chi connectivity index (χ2n) is 5.48. The van der Waals surface area contributed by atoms with Gasteiger partial charge in [0.25, 0.3) is 0 Å². The summed E-state index contributed by atoms with van der Waals surface area (Å²) in [4.78, 5) is 16.3. The Balaban J connectivity index is 2.09. The van der Waals surface area contributed by atoms with Crippen molar-refractivity contribution in [2.75, 3.05) is 5.32 Å². The van der Waals surface area contributed by atoms with Crippen LogP contribution in [0.4, 0.5) is 18.9 Å². The zero-order chi connectivity index (χ0) is 17.9. The van der Waals surface area contributed by atoms with Crippen molar-refractivity contribution in [2.45, 2.75) is 26.9 Å². The van der Waals surface area contributed by atoms with Gasteiger partial charge in [-0.05, 0) is 56.2 Å². The molecule has 0 spiro atoms. The number of hydrogen-bond donors (Lipinski definition) is 1. The van der Waals surface area contributed by atoms with E-state index in [1.54, 1.807) is 6.92 Å². The summed E-state index contributed by atoms with van der Waals surface area (Å²) in [7, 11) is 0. The molecule has 126 valence electrons. The van der Waals surface area contributed by atoms with Gasteiger partial charge in [0.2, 0.25) is 5.91 Å². The Bertz CT molecular complexity index is 755. The Kier molecular flexibility index (Phi) is 5.07. The van der Waals surface area contributed by atoms with E-state index in [0.29, 0.717) is 16.9 Å². The number of carbonyl (C=O) groups excluding carboxylic acids is 1. The van der Waals surface area contributed by atoms with E-state index in [-0.39, 0.29) is 5.91 Å². The lowest BCUT2D eigenvalue weighted by molar-refractivity contribution is -0.137. The third kappa shape index (κ3) is 4.44. The lowest BCUT2D eigenvalue weighted by Crippen LogP contribution is -2.11. The largest absolute Gasteiger partial charge is 0.416 e. The third-order valence-electron chi connectivity index (χ3n) is 3.44. The van der Waals surface area contributed by atoms with E-state index in [1.807, 2.05) is 19.9 Å². The van der Waals surface area contributed by atoms with E-state index < -0.39 is 11.7 Å². The Hall–Kier alpha value is -2.63. The summed E-state index contributed by atoms with van der Waals surface area (Å²) in [6.07, 6.45) is -1.63. The van der Waals surface area contributed by atoms with E-state index in [0.717, 1.165) is 23.4 Å². The summed E-state index contributed by atoms with van der Waals surface area (Å²) in [5.74, 6) is -0.369. The lowest BCUT2D eigenvalue weighted by atomic mass is 10.1. The molecule has 1 aromatic heterocycles. The fourth-order valence-electron chi connectivity index (χ4n) is 2.33. The highest BCUT2D eigenvalue weighted by Crippen LogP contribution is 2.29. The van der Waals surface area contributed by atoms with Crippen molar-refractivity contribution in [2.24, 2.45) is 0 Å². The van der Waals surface area contributed by atoms with Gasteiger partial charge in [-0.1, -0.05) is 12.1 Å². The number of aromatic nitrogens is 1. The molecule has 0 aliphatic carbocycles. The number of anilines is 1. The smallest absolute Gasteiger partial charge is 0.321 e. The Morgan fingerprint density at radius 3 is 2.29 bits per heavy atom. The van der Waals surface area contributed by atoms with E-state index >= 15 is 0 Å². The molecule has 24 heavy (non-hydrogen) atoms. The van der Waals surface area contributed by atoms with E-state index in [4.69, 9.17) is 0 Å². The van der Waals surface area contributed by atoms with Gasteiger partial charge in [-0.25, -0.2) is 0 Å². The van der Waals surface area contributed by atoms with Crippen LogP contribution >= 0.6 is 0 Å². The number of benzene rings is 1. The van der Waals surface area contributed by atoms with Gasteiger partial charge in [0.05, 0.1) is 16.9 Å². The van der Waals surface area contributed by atoms with Gasteiger partial charge in [-0.2, -0.15) is 13.2 Å². The molecule has 2 aromatic rings. The standard InChI is InChI=1S/C18H17F3N2O/c1-11-10-12(2)22-13(3)17(11)23-16(24)9-6-14-4-7-15(8-5-14)18(19,20)21/h4-10H,1-3H3,(H,23,24)/b9-6+. The number of pyridine rings is 1. The first kappa shape index (κ1) is 17.7. The number of nitrogens with one attached hydrogen (secondary N) is 1. The number of carbonyl (C=O) groups is 1. The van der Waals surface area contributed by atoms with Gasteiger partial charge >= 0.3 is 6.18 Å². The van der Waals surface area contributed by atoms with Crippen LogP contribution in [0.2, 0.25) is 0 Å². The van der Waals surface area contributed by atoms with E-state index in [2.05, 4.69) is 10.3 Å². The third-order valence-corrected chi connectivity index (χ3v) is 3.44. The van der Waals surface area contributed by atoms with Crippen LogP contribution in [-0.2, 0) is 11.0 Å². The summed E-state index contributed by atoms with van der Waals surface area (Å²) in [5.41, 5.74) is 2.90. The average molecular weight is 334 g/mol. The topological polar surface area (TPSA) is 42.0 Å². The normalized spacial score (nSPS) is 11.8. The molecule has 1 heterocycles. The first-order chi connectivity index (χ1) is 11.2. The zero-order valence-corrected chi connectivity index (χ0v) is 13.5. The molecule has 0 bridgehead atoms. The van der Waals surface area contributed by atoms with Crippen LogP contribution in [0.3, 0.4) is 0 Å². The van der Waals surface area contributed by atoms with Gasteiger partial charge in [-0.15, -0.1) is 0 Å². The number of amides is 1. The van der Waals surface area contributed by atoms with Crippen molar-refractivity contribution in [1.82, 2.24) is 4.98 Å². The Labute approximate surface area is 138 Å². The van der Waals surface area contributed by atoms with Crippen molar-refractivity contribution in [3.8, 4) is 0 Å². The molecule has 2 rings (SSSR count). The second-order valence-corrected chi connectivity index (χ2v) is 5.48. The highest BCUT2D eigenvalue weighted by atomic mass is 19.4. The van der Waals surface area contributed by atoms with Gasteiger partial charge in [0.1, 0.15) is 0 Å². The average Bonchev–Trinajstić information content (AvgIpc) is 2.48. The number of nitrogens with zero attached hydrogens (tertiary/aromatic N) is 1. The second kappa shape index (κ2) is 6.86. The van der Waals surface area contributed by atoms with Crippen molar-refractivity contribution < 1.29 is 18.0 Å². The SMILES string of the molecule is Cc1cc(C)c(NC(=O)/C=C/c2ccc(C(F)(F)F)cc2)c(C)n1. The first-order valence-corrected chi connectivity index (χ1v) is 7.28. The minimum absolute atomic E-state index is 0.369. The van der Waals surface area contributed by atoms with Gasteiger partial charge < -0.3 is 5.32 Å². The summed E-state index contributed by atoms with van der Waals surface area (Å²) in [6.45, 7) is 5.54. The molecule has 0 fully saturated rings. The number of hydrogen-bond acceptors (Lipinski definition) is 2. The minimum atomic E-state index is -4.37. The molecule has 0 saturated heterocycles. The van der Waals surface area contributed by atoms with Gasteiger partial charge in [-0.3, -0.25) is 9.78 Å². The minimum Gasteiger partial charge on any atom is -0.321 e. The molecule has 0 aliphatic heterocycles. The number of aryl methyl sites for hydroxylation is 3. The van der Waals surface area contributed by atoms with Crippen LogP contribution in [0, 0.1) is 20.8 Å². The van der Waals surface area contributed by atoms with Crippen LogP contribution in [0.15, 0.2) is 36.4 Å². The molecule has 0 saturated carbocycles. The highest BCUT2D eigenvalue weighted by Gasteiger charge is 2.29. The van der Waals surface area contributed by atoms with Crippen molar-refractivity contribution in [3.05, 3.63) is 64.5 Å². The molecule has 3 nitrogen and oxygen atoms in total. The predicted molar refractivity (Wildman–Crippen MR) is 87.6 cm³/mol. The fraction of sp³-hybridized carbons (Fsp3) is 0.222. The molecule has 1 N–H and O–H groups in total. The molecule has 0 unspecified atom stereocenters. The molecule has 1 aromatic carbocycles. The highest BCUT2D eigenvalue weighted by molar-refractivity contribution is 6.02. The van der Waals surface area contributed by atoms with Crippen LogP contribution in [0.1, 0.15) is 28.1 Å². The number of rotatable bonds is 3. The summed E-state index contributed by atoms with van der Waals surface area (Å²) in [5, 5.41) is 2.74. The maximum absolute atomic E-state index is 12.5. The van der Waals surface area contributed by atoms with E-state index in [9.17, 15) is 18.0 Å². The molecule has 0 radical (unpaired) electrons. The maximum Gasteiger partial charge on any atom is 0.416 e. The molecular formula is C18H17F3N2O. The van der Waals surface area contributed by atoms with Crippen molar-refractivity contribution in [3.63, 3.8) is 0 Å². The number of alkyl halides is 3. The monoisotopic (exact) mass is 334 g/mol.